The summed E-state index contributed by atoms with van der Waals surface area (Å²) in [5.41, 5.74) is 1.86. The molecule has 0 unspecified atom stereocenters. The average Bonchev–Trinajstić information content (AvgIpc) is 3.39. The van der Waals surface area contributed by atoms with Crippen LogP contribution in [0.1, 0.15) is 18.6 Å². The Hall–Kier alpha value is -3.20. The lowest BCUT2D eigenvalue weighted by molar-refractivity contribution is 0.385. The van der Waals surface area contributed by atoms with Crippen LogP contribution in [0.15, 0.2) is 58.5 Å². The second kappa shape index (κ2) is 8.22. The molecule has 0 amide bonds. The number of methoxy groups -OCH3 is 1. The SMILES string of the molecule is CCc1noc(CSc2nnc(-c3ccncc3)n2-c2ccc(OC)cc2)n1. The van der Waals surface area contributed by atoms with Gasteiger partial charge in [0.25, 0.3) is 0 Å². The van der Waals surface area contributed by atoms with E-state index in [-0.39, 0.29) is 0 Å². The van der Waals surface area contributed by atoms with Gasteiger partial charge in [0.1, 0.15) is 5.75 Å². The van der Waals surface area contributed by atoms with Crippen molar-refractivity contribution in [3.63, 3.8) is 0 Å². The normalized spacial score (nSPS) is 10.9. The molecule has 4 rings (SSSR count). The highest BCUT2D eigenvalue weighted by Gasteiger charge is 2.17. The van der Waals surface area contributed by atoms with Gasteiger partial charge in [-0.3, -0.25) is 9.55 Å². The van der Waals surface area contributed by atoms with E-state index in [9.17, 15) is 0 Å². The van der Waals surface area contributed by atoms with Gasteiger partial charge in [0, 0.05) is 30.1 Å². The number of hydrogen-bond acceptors (Lipinski definition) is 8. The molecule has 0 aliphatic carbocycles. The summed E-state index contributed by atoms with van der Waals surface area (Å²) in [7, 11) is 1.65. The Morgan fingerprint density at radius 2 is 1.86 bits per heavy atom. The molecule has 9 heteroatoms. The number of nitrogens with zero attached hydrogens (tertiary/aromatic N) is 6. The number of ether oxygens (including phenoxy) is 1. The minimum Gasteiger partial charge on any atom is -0.497 e. The molecule has 3 aromatic heterocycles. The van der Waals surface area contributed by atoms with E-state index in [1.54, 1.807) is 19.5 Å². The standard InChI is InChI=1S/C19H18N6O2S/c1-3-16-21-17(27-24-16)12-28-19-23-22-18(13-8-10-20-11-9-13)25(19)14-4-6-15(26-2)7-5-14/h4-11H,3,12H2,1-2H3. The molecule has 0 spiro atoms. The van der Waals surface area contributed by atoms with Crippen LogP contribution in [0.2, 0.25) is 0 Å². The maximum atomic E-state index is 5.28. The fourth-order valence-electron chi connectivity index (χ4n) is 2.63. The Balaban J connectivity index is 1.70. The summed E-state index contributed by atoms with van der Waals surface area (Å²) < 4.78 is 12.5. The number of hydrogen-bond donors (Lipinski definition) is 0. The first-order chi connectivity index (χ1) is 13.8. The van der Waals surface area contributed by atoms with Crippen LogP contribution in [0, 0.1) is 0 Å². The van der Waals surface area contributed by atoms with E-state index in [2.05, 4.69) is 25.3 Å². The van der Waals surface area contributed by atoms with Gasteiger partial charge in [0.15, 0.2) is 16.8 Å². The molecule has 0 fully saturated rings. The highest BCUT2D eigenvalue weighted by Crippen LogP contribution is 2.30. The molecule has 1 aromatic carbocycles. The number of rotatable bonds is 7. The Morgan fingerprint density at radius 3 is 2.54 bits per heavy atom. The predicted octanol–water partition coefficient (Wildman–Crippen LogP) is 3.58. The van der Waals surface area contributed by atoms with Crippen LogP contribution in [0.5, 0.6) is 5.75 Å². The molecule has 142 valence electrons. The van der Waals surface area contributed by atoms with Gasteiger partial charge in [-0.1, -0.05) is 23.8 Å². The van der Waals surface area contributed by atoms with E-state index < -0.39 is 0 Å². The summed E-state index contributed by atoms with van der Waals surface area (Å²) in [6.07, 6.45) is 4.21. The van der Waals surface area contributed by atoms with Gasteiger partial charge in [-0.2, -0.15) is 4.98 Å². The quantitative estimate of drug-likeness (QED) is 0.439. The van der Waals surface area contributed by atoms with Crippen molar-refractivity contribution in [1.82, 2.24) is 29.9 Å². The maximum absolute atomic E-state index is 5.28. The number of aromatic nitrogens is 6. The van der Waals surface area contributed by atoms with E-state index >= 15 is 0 Å². The molecular weight excluding hydrogens is 376 g/mol. The molecule has 0 bridgehead atoms. The summed E-state index contributed by atoms with van der Waals surface area (Å²) >= 11 is 1.49. The van der Waals surface area contributed by atoms with Crippen molar-refractivity contribution in [2.24, 2.45) is 0 Å². The number of thioether (sulfide) groups is 1. The first kappa shape index (κ1) is 18.2. The van der Waals surface area contributed by atoms with Crippen LogP contribution in [0.25, 0.3) is 17.1 Å². The molecule has 28 heavy (non-hydrogen) atoms. The van der Waals surface area contributed by atoms with Crippen molar-refractivity contribution in [3.8, 4) is 22.8 Å². The average molecular weight is 394 g/mol. The van der Waals surface area contributed by atoms with Crippen LogP contribution in [-0.2, 0) is 12.2 Å². The van der Waals surface area contributed by atoms with Gasteiger partial charge in [-0.05, 0) is 36.4 Å². The van der Waals surface area contributed by atoms with Crippen molar-refractivity contribution in [2.45, 2.75) is 24.3 Å². The summed E-state index contributed by atoms with van der Waals surface area (Å²) in [6, 6.07) is 11.6. The minimum absolute atomic E-state index is 0.512. The van der Waals surface area contributed by atoms with Gasteiger partial charge in [-0.15, -0.1) is 10.2 Å². The first-order valence-electron chi connectivity index (χ1n) is 8.73. The molecule has 0 saturated carbocycles. The van der Waals surface area contributed by atoms with E-state index in [4.69, 9.17) is 9.26 Å². The zero-order valence-corrected chi connectivity index (χ0v) is 16.3. The minimum atomic E-state index is 0.512. The smallest absolute Gasteiger partial charge is 0.237 e. The fourth-order valence-corrected chi connectivity index (χ4v) is 3.42. The second-order valence-corrected chi connectivity index (χ2v) is 6.76. The number of benzene rings is 1. The van der Waals surface area contributed by atoms with Crippen molar-refractivity contribution >= 4 is 11.8 Å². The zero-order valence-electron chi connectivity index (χ0n) is 15.4. The van der Waals surface area contributed by atoms with Crippen LogP contribution in [0.3, 0.4) is 0 Å². The van der Waals surface area contributed by atoms with E-state index in [0.717, 1.165) is 34.4 Å². The summed E-state index contributed by atoms with van der Waals surface area (Å²) in [4.78, 5) is 8.44. The summed E-state index contributed by atoms with van der Waals surface area (Å²) in [5, 5.41) is 13.5. The van der Waals surface area contributed by atoms with Gasteiger partial charge in [0.05, 0.1) is 12.9 Å². The number of pyridine rings is 1. The zero-order chi connectivity index (χ0) is 19.3. The highest BCUT2D eigenvalue weighted by molar-refractivity contribution is 7.98. The Morgan fingerprint density at radius 1 is 1.07 bits per heavy atom. The molecule has 4 aromatic rings. The van der Waals surface area contributed by atoms with Gasteiger partial charge in [-0.25, -0.2) is 0 Å². The Kier molecular flexibility index (Phi) is 5.34. The lowest BCUT2D eigenvalue weighted by atomic mass is 10.2. The lowest BCUT2D eigenvalue weighted by Gasteiger charge is -2.10. The lowest BCUT2D eigenvalue weighted by Crippen LogP contribution is -2.00. The molecule has 0 atom stereocenters. The van der Waals surface area contributed by atoms with Crippen molar-refractivity contribution in [3.05, 3.63) is 60.5 Å². The van der Waals surface area contributed by atoms with E-state index in [1.807, 2.05) is 47.9 Å². The first-order valence-corrected chi connectivity index (χ1v) is 9.71. The Bertz CT molecular complexity index is 1050. The van der Waals surface area contributed by atoms with Crippen molar-refractivity contribution in [1.29, 1.82) is 0 Å². The van der Waals surface area contributed by atoms with Crippen molar-refractivity contribution < 1.29 is 9.26 Å². The van der Waals surface area contributed by atoms with Gasteiger partial charge < -0.3 is 9.26 Å². The van der Waals surface area contributed by atoms with Gasteiger partial charge >= 0.3 is 0 Å². The second-order valence-electron chi connectivity index (χ2n) is 5.82. The highest BCUT2D eigenvalue weighted by atomic mass is 32.2. The molecular formula is C19H18N6O2S. The van der Waals surface area contributed by atoms with Crippen molar-refractivity contribution in [2.75, 3.05) is 7.11 Å². The molecule has 0 N–H and O–H groups in total. The van der Waals surface area contributed by atoms with Crippen LogP contribution < -0.4 is 4.74 Å². The maximum Gasteiger partial charge on any atom is 0.237 e. The summed E-state index contributed by atoms with van der Waals surface area (Å²) in [5.74, 6) is 3.29. The molecule has 0 radical (unpaired) electrons. The monoisotopic (exact) mass is 394 g/mol. The molecule has 0 aliphatic rings. The van der Waals surface area contributed by atoms with Gasteiger partial charge in [0.2, 0.25) is 5.89 Å². The topological polar surface area (TPSA) is 91.8 Å². The molecule has 8 nitrogen and oxygen atoms in total. The third kappa shape index (κ3) is 3.74. The van der Waals surface area contributed by atoms with Crippen LogP contribution in [0.4, 0.5) is 0 Å². The number of aryl methyl sites for hydroxylation is 1. The molecule has 0 aliphatic heterocycles. The third-order valence-corrected chi connectivity index (χ3v) is 4.97. The largest absolute Gasteiger partial charge is 0.497 e. The molecule has 3 heterocycles. The Labute approximate surface area is 166 Å². The van der Waals surface area contributed by atoms with Crippen LogP contribution in [-0.4, -0.2) is 37.0 Å². The van der Waals surface area contributed by atoms with E-state index in [0.29, 0.717) is 17.5 Å². The predicted molar refractivity (Wildman–Crippen MR) is 104 cm³/mol. The van der Waals surface area contributed by atoms with Crippen LogP contribution >= 0.6 is 11.8 Å². The summed E-state index contributed by atoms with van der Waals surface area (Å²) in [6.45, 7) is 1.99. The third-order valence-electron chi connectivity index (χ3n) is 4.05. The molecule has 0 saturated heterocycles. The van der Waals surface area contributed by atoms with E-state index in [1.165, 1.54) is 11.8 Å². The fraction of sp³-hybridized carbons (Fsp3) is 0.211.